The van der Waals surface area contributed by atoms with E-state index in [9.17, 15) is 9.18 Å². The number of carbonyl (C=O) groups is 1. The van der Waals surface area contributed by atoms with Crippen molar-refractivity contribution < 1.29 is 13.9 Å². The van der Waals surface area contributed by atoms with Crippen LogP contribution in [0, 0.1) is 5.82 Å². The fourth-order valence-corrected chi connectivity index (χ4v) is 4.22. The first kappa shape index (κ1) is 19.5. The first-order valence-corrected chi connectivity index (χ1v) is 10.5. The van der Waals surface area contributed by atoms with E-state index in [2.05, 4.69) is 5.32 Å². The number of benzene rings is 2. The predicted molar refractivity (Wildman–Crippen MR) is 113 cm³/mol. The molecule has 3 aromatic rings. The summed E-state index contributed by atoms with van der Waals surface area (Å²) in [6, 6.07) is 14.5. The van der Waals surface area contributed by atoms with E-state index in [0.717, 1.165) is 47.9 Å². The molecule has 4 rings (SSSR count). The molecule has 4 nitrogen and oxygen atoms in total. The van der Waals surface area contributed by atoms with Crippen LogP contribution in [-0.2, 0) is 6.54 Å². The smallest absolute Gasteiger partial charge is 0.268 e. The van der Waals surface area contributed by atoms with Gasteiger partial charge in [-0.3, -0.25) is 4.79 Å². The maximum Gasteiger partial charge on any atom is 0.268 e. The van der Waals surface area contributed by atoms with Crippen LogP contribution in [0.3, 0.4) is 0 Å². The van der Waals surface area contributed by atoms with E-state index >= 15 is 0 Å². The molecule has 0 aliphatic heterocycles. The van der Waals surface area contributed by atoms with Gasteiger partial charge in [-0.1, -0.05) is 37.5 Å². The molecule has 1 aromatic heterocycles. The summed E-state index contributed by atoms with van der Waals surface area (Å²) in [6.45, 7) is 2.92. The fraction of sp³-hybridized carbons (Fsp3) is 0.375. The van der Waals surface area contributed by atoms with Gasteiger partial charge in [0, 0.05) is 18.0 Å². The summed E-state index contributed by atoms with van der Waals surface area (Å²) in [6.07, 6.45) is 5.61. The number of ether oxygens (including phenoxy) is 1. The van der Waals surface area contributed by atoms with Crippen LogP contribution in [0.4, 0.5) is 4.39 Å². The summed E-state index contributed by atoms with van der Waals surface area (Å²) in [4.78, 5) is 13.2. The first-order chi connectivity index (χ1) is 14.2. The molecular weight excluding hydrogens is 367 g/mol. The highest BCUT2D eigenvalue weighted by molar-refractivity contribution is 6.00. The van der Waals surface area contributed by atoms with Crippen molar-refractivity contribution >= 4 is 16.8 Å². The molecule has 0 atom stereocenters. The average Bonchev–Trinajstić information content (AvgIpc) is 3.09. The van der Waals surface area contributed by atoms with Crippen molar-refractivity contribution in [3.05, 3.63) is 65.6 Å². The zero-order chi connectivity index (χ0) is 20.2. The third-order valence-corrected chi connectivity index (χ3v) is 5.61. The van der Waals surface area contributed by atoms with Gasteiger partial charge in [0.15, 0.2) is 0 Å². The predicted octanol–water partition coefficient (Wildman–Crippen LogP) is 5.29. The third kappa shape index (κ3) is 4.29. The van der Waals surface area contributed by atoms with Crippen LogP contribution in [0.25, 0.3) is 10.9 Å². The minimum absolute atomic E-state index is 0.0769. The maximum absolute atomic E-state index is 13.7. The lowest BCUT2D eigenvalue weighted by Crippen LogP contribution is -2.37. The van der Waals surface area contributed by atoms with Crippen LogP contribution in [0.2, 0.25) is 0 Å². The average molecular weight is 394 g/mol. The van der Waals surface area contributed by atoms with Crippen molar-refractivity contribution in [3.63, 3.8) is 0 Å². The van der Waals surface area contributed by atoms with E-state index in [4.69, 9.17) is 4.74 Å². The first-order valence-electron chi connectivity index (χ1n) is 10.5. The molecule has 0 bridgehead atoms. The molecule has 1 aliphatic carbocycles. The van der Waals surface area contributed by atoms with Crippen LogP contribution in [0.5, 0.6) is 5.75 Å². The number of nitrogens with one attached hydrogen (secondary N) is 1. The second-order valence-electron chi connectivity index (χ2n) is 7.68. The molecule has 1 aliphatic rings. The van der Waals surface area contributed by atoms with E-state index in [1.807, 2.05) is 41.8 Å². The number of carbonyl (C=O) groups excluding carboxylic acids is 1. The van der Waals surface area contributed by atoms with Gasteiger partial charge in [-0.05, 0) is 55.7 Å². The molecule has 0 saturated heterocycles. The minimum atomic E-state index is -0.276. The van der Waals surface area contributed by atoms with Gasteiger partial charge < -0.3 is 14.6 Å². The lowest BCUT2D eigenvalue weighted by Gasteiger charge is -2.23. The monoisotopic (exact) mass is 394 g/mol. The number of fused-ring (bicyclic) bond motifs is 1. The lowest BCUT2D eigenvalue weighted by molar-refractivity contribution is 0.0919. The largest absolute Gasteiger partial charge is 0.493 e. The Balaban J connectivity index is 1.74. The molecule has 1 saturated carbocycles. The molecule has 2 aromatic carbocycles. The Hall–Kier alpha value is -2.82. The quantitative estimate of drug-likeness (QED) is 0.617. The molecule has 5 heteroatoms. The lowest BCUT2D eigenvalue weighted by atomic mass is 9.95. The second kappa shape index (κ2) is 8.68. The van der Waals surface area contributed by atoms with Gasteiger partial charge in [0.2, 0.25) is 0 Å². The second-order valence-corrected chi connectivity index (χ2v) is 7.68. The molecule has 1 amide bonds. The van der Waals surface area contributed by atoms with Crippen LogP contribution >= 0.6 is 0 Å². The highest BCUT2D eigenvalue weighted by Crippen LogP contribution is 2.30. The Morgan fingerprint density at radius 3 is 2.69 bits per heavy atom. The van der Waals surface area contributed by atoms with Crippen molar-refractivity contribution in [2.75, 3.05) is 6.61 Å². The van der Waals surface area contributed by atoms with Gasteiger partial charge in [0.25, 0.3) is 5.91 Å². The summed E-state index contributed by atoms with van der Waals surface area (Å²) in [5.74, 6) is 0.406. The van der Waals surface area contributed by atoms with Gasteiger partial charge >= 0.3 is 0 Å². The van der Waals surface area contributed by atoms with Crippen LogP contribution < -0.4 is 10.1 Å². The van der Waals surface area contributed by atoms with Crippen molar-refractivity contribution in [1.29, 1.82) is 0 Å². The number of hydrogen-bond donors (Lipinski definition) is 1. The summed E-state index contributed by atoms with van der Waals surface area (Å²) in [7, 11) is 0. The molecule has 1 heterocycles. The van der Waals surface area contributed by atoms with Crippen molar-refractivity contribution in [2.45, 2.75) is 51.6 Å². The van der Waals surface area contributed by atoms with E-state index < -0.39 is 0 Å². The Kier molecular flexibility index (Phi) is 5.84. The summed E-state index contributed by atoms with van der Waals surface area (Å²) < 4.78 is 21.5. The van der Waals surface area contributed by atoms with E-state index in [1.165, 1.54) is 18.6 Å². The number of rotatable bonds is 6. The van der Waals surface area contributed by atoms with Gasteiger partial charge in [-0.25, -0.2) is 4.39 Å². The van der Waals surface area contributed by atoms with Crippen LogP contribution in [0.15, 0.2) is 48.5 Å². The molecule has 1 fully saturated rings. The SMILES string of the molecule is CCOc1cccc2c1cc(C(=O)NC1CCCCC1)n2Cc1cccc(F)c1. The molecule has 0 unspecified atom stereocenters. The summed E-state index contributed by atoms with van der Waals surface area (Å²) in [5, 5.41) is 4.11. The number of nitrogens with zero attached hydrogens (tertiary/aromatic N) is 1. The zero-order valence-electron chi connectivity index (χ0n) is 16.8. The Bertz CT molecular complexity index is 1010. The van der Waals surface area contributed by atoms with Crippen molar-refractivity contribution in [2.24, 2.45) is 0 Å². The molecule has 152 valence electrons. The van der Waals surface area contributed by atoms with Gasteiger partial charge in [0.1, 0.15) is 17.3 Å². The van der Waals surface area contributed by atoms with E-state index in [0.29, 0.717) is 18.8 Å². The van der Waals surface area contributed by atoms with Crippen LogP contribution in [-0.4, -0.2) is 23.1 Å². The normalized spacial score (nSPS) is 14.8. The third-order valence-electron chi connectivity index (χ3n) is 5.61. The van der Waals surface area contributed by atoms with E-state index in [-0.39, 0.29) is 17.8 Å². The minimum Gasteiger partial charge on any atom is -0.493 e. The van der Waals surface area contributed by atoms with Crippen molar-refractivity contribution in [1.82, 2.24) is 9.88 Å². The molecule has 29 heavy (non-hydrogen) atoms. The molecule has 0 spiro atoms. The Morgan fingerprint density at radius 2 is 1.93 bits per heavy atom. The number of hydrogen-bond acceptors (Lipinski definition) is 2. The number of amides is 1. The summed E-state index contributed by atoms with van der Waals surface area (Å²) in [5.41, 5.74) is 2.31. The molecule has 0 radical (unpaired) electrons. The van der Waals surface area contributed by atoms with Gasteiger partial charge in [0.05, 0.1) is 12.1 Å². The van der Waals surface area contributed by atoms with Gasteiger partial charge in [-0.2, -0.15) is 0 Å². The standard InChI is InChI=1S/C24H27FN2O2/c1-2-29-23-13-7-12-21-20(23)15-22(24(28)26-19-10-4-3-5-11-19)27(21)16-17-8-6-9-18(25)14-17/h6-9,12-15,19H,2-5,10-11,16H2,1H3,(H,26,28). The molecule has 1 N–H and O–H groups in total. The fourth-order valence-electron chi connectivity index (χ4n) is 4.22. The van der Waals surface area contributed by atoms with Crippen molar-refractivity contribution in [3.8, 4) is 5.75 Å². The highest BCUT2D eigenvalue weighted by atomic mass is 19.1. The zero-order valence-corrected chi connectivity index (χ0v) is 16.8. The number of halogens is 1. The topological polar surface area (TPSA) is 43.3 Å². The molecular formula is C24H27FN2O2. The van der Waals surface area contributed by atoms with E-state index in [1.54, 1.807) is 6.07 Å². The number of aromatic nitrogens is 1. The Labute approximate surface area is 170 Å². The van der Waals surface area contributed by atoms with Crippen LogP contribution in [0.1, 0.15) is 55.1 Å². The highest BCUT2D eigenvalue weighted by Gasteiger charge is 2.22. The maximum atomic E-state index is 13.7. The van der Waals surface area contributed by atoms with Gasteiger partial charge in [-0.15, -0.1) is 0 Å². The Morgan fingerprint density at radius 1 is 1.14 bits per heavy atom. The summed E-state index contributed by atoms with van der Waals surface area (Å²) >= 11 is 0.